The van der Waals surface area contributed by atoms with Crippen LogP contribution in [-0.4, -0.2) is 16.2 Å². The summed E-state index contributed by atoms with van der Waals surface area (Å²) in [6.07, 6.45) is -1.97. The van der Waals surface area contributed by atoms with Gasteiger partial charge in [0, 0.05) is 22.9 Å². The minimum absolute atomic E-state index is 0.0431. The number of halogens is 6. The van der Waals surface area contributed by atoms with Gasteiger partial charge in [0.2, 0.25) is 0 Å². The predicted molar refractivity (Wildman–Crippen MR) is 84.0 cm³/mol. The Balaban J connectivity index is 2.26. The van der Waals surface area contributed by atoms with Gasteiger partial charge in [-0.1, -0.05) is 12.1 Å². The number of nitrogens with zero attached hydrogens (tertiary/aromatic N) is 2. The van der Waals surface area contributed by atoms with Crippen molar-refractivity contribution in [3.05, 3.63) is 64.2 Å². The van der Waals surface area contributed by atoms with Gasteiger partial charge >= 0.3 is 5.92 Å². The van der Waals surface area contributed by atoms with Crippen molar-refractivity contribution >= 4 is 5.71 Å². The highest BCUT2D eigenvalue weighted by atomic mass is 19.3. The van der Waals surface area contributed by atoms with Crippen LogP contribution in [0.1, 0.15) is 48.2 Å². The van der Waals surface area contributed by atoms with Gasteiger partial charge in [-0.2, -0.15) is 8.78 Å². The average Bonchev–Trinajstić information content (AvgIpc) is 2.57. The molecule has 2 heterocycles. The van der Waals surface area contributed by atoms with E-state index in [0.717, 1.165) is 32.2 Å². The highest BCUT2D eigenvalue weighted by molar-refractivity contribution is 6.14. The number of aromatic nitrogens is 1. The van der Waals surface area contributed by atoms with Gasteiger partial charge < -0.3 is 0 Å². The predicted octanol–water partition coefficient (Wildman–Crippen LogP) is 5.35. The van der Waals surface area contributed by atoms with Crippen molar-refractivity contribution in [3.63, 3.8) is 0 Å². The van der Waals surface area contributed by atoms with Gasteiger partial charge in [-0.05, 0) is 26.0 Å². The van der Waals surface area contributed by atoms with Gasteiger partial charge in [-0.15, -0.1) is 0 Å². The van der Waals surface area contributed by atoms with E-state index in [2.05, 4.69) is 9.98 Å². The lowest BCUT2D eigenvalue weighted by Gasteiger charge is -2.37. The largest absolute Gasteiger partial charge is 0.300 e. The lowest BCUT2D eigenvalue weighted by molar-refractivity contribution is -0.0710. The summed E-state index contributed by atoms with van der Waals surface area (Å²) in [5.41, 5.74) is -4.06. The molecule has 1 aromatic carbocycles. The fourth-order valence-corrected chi connectivity index (χ4v) is 2.93. The highest BCUT2D eigenvalue weighted by Gasteiger charge is 2.54. The molecule has 1 aromatic heterocycles. The van der Waals surface area contributed by atoms with Crippen molar-refractivity contribution in [2.45, 2.75) is 38.4 Å². The third kappa shape index (κ3) is 2.68. The fraction of sp³-hybridized carbons (Fsp3) is 0.333. The molecular formula is C18H14F6N2. The first-order chi connectivity index (χ1) is 12.1. The van der Waals surface area contributed by atoms with Crippen LogP contribution in [0.25, 0.3) is 0 Å². The number of alkyl halides is 5. The molecule has 0 saturated heterocycles. The molecule has 1 aliphatic rings. The molecule has 2 aromatic rings. The molecule has 2 nitrogen and oxygen atoms in total. The maximum atomic E-state index is 14.7. The molecule has 0 fully saturated rings. The van der Waals surface area contributed by atoms with Crippen LogP contribution in [-0.2, 0) is 12.6 Å². The average molecular weight is 372 g/mol. The van der Waals surface area contributed by atoms with Crippen LogP contribution >= 0.6 is 0 Å². The van der Waals surface area contributed by atoms with Crippen LogP contribution in [0.15, 0.2) is 35.5 Å². The molecule has 26 heavy (non-hydrogen) atoms. The van der Waals surface area contributed by atoms with E-state index in [0.29, 0.717) is 0 Å². The van der Waals surface area contributed by atoms with Gasteiger partial charge in [0.05, 0.1) is 11.3 Å². The quantitative estimate of drug-likeness (QED) is 0.667. The zero-order valence-electron chi connectivity index (χ0n) is 13.8. The maximum Gasteiger partial charge on any atom is 0.300 e. The Morgan fingerprint density at radius 3 is 2.46 bits per heavy atom. The molecule has 0 bridgehead atoms. The molecule has 0 radical (unpaired) electrons. The summed E-state index contributed by atoms with van der Waals surface area (Å²) < 4.78 is 82.6. The smallest absolute Gasteiger partial charge is 0.271 e. The molecule has 1 aliphatic heterocycles. The second kappa shape index (κ2) is 6.10. The van der Waals surface area contributed by atoms with Crippen molar-refractivity contribution in [1.29, 1.82) is 0 Å². The van der Waals surface area contributed by atoms with Crippen LogP contribution in [0.3, 0.4) is 0 Å². The molecule has 0 atom stereocenters. The maximum absolute atomic E-state index is 14.7. The summed E-state index contributed by atoms with van der Waals surface area (Å²) >= 11 is 0. The van der Waals surface area contributed by atoms with E-state index < -0.39 is 41.6 Å². The van der Waals surface area contributed by atoms with Gasteiger partial charge in [0.25, 0.3) is 6.43 Å². The van der Waals surface area contributed by atoms with Crippen molar-refractivity contribution in [2.75, 3.05) is 0 Å². The third-order valence-electron chi connectivity index (χ3n) is 4.37. The second-order valence-electron chi connectivity index (χ2n) is 6.46. The van der Waals surface area contributed by atoms with E-state index in [4.69, 9.17) is 0 Å². The van der Waals surface area contributed by atoms with E-state index in [9.17, 15) is 26.3 Å². The number of rotatable bonds is 3. The van der Waals surface area contributed by atoms with Crippen molar-refractivity contribution in [3.8, 4) is 0 Å². The summed E-state index contributed by atoms with van der Waals surface area (Å²) in [5, 5.41) is 0. The number of hydrogen-bond acceptors (Lipinski definition) is 2. The Morgan fingerprint density at radius 1 is 1.15 bits per heavy atom. The number of benzene rings is 1. The number of fused-ring (bicyclic) bond motifs is 1. The number of hydrogen-bond donors (Lipinski definition) is 0. The molecule has 138 valence electrons. The number of aliphatic imine (C=N–C) groups is 1. The molecule has 0 amide bonds. The summed E-state index contributed by atoms with van der Waals surface area (Å²) in [4.78, 5) is 7.57. The van der Waals surface area contributed by atoms with Gasteiger partial charge in [0.1, 0.15) is 23.7 Å². The number of pyridine rings is 1. The van der Waals surface area contributed by atoms with E-state index in [1.165, 1.54) is 12.1 Å². The summed E-state index contributed by atoms with van der Waals surface area (Å²) in [6.45, 7) is 1.07. The van der Waals surface area contributed by atoms with Crippen molar-refractivity contribution < 1.29 is 26.3 Å². The Hall–Kier alpha value is -2.38. The lowest BCUT2D eigenvalue weighted by Crippen LogP contribution is -2.45. The van der Waals surface area contributed by atoms with Crippen LogP contribution in [0.2, 0.25) is 0 Å². The van der Waals surface area contributed by atoms with Gasteiger partial charge in [-0.3, -0.25) is 9.98 Å². The summed E-state index contributed by atoms with van der Waals surface area (Å²) in [7, 11) is 0. The second-order valence-corrected chi connectivity index (χ2v) is 6.46. The van der Waals surface area contributed by atoms with Gasteiger partial charge in [0.15, 0.2) is 0 Å². The summed E-state index contributed by atoms with van der Waals surface area (Å²) in [6, 6.07) is 4.50. The Kier molecular flexibility index (Phi) is 4.32. The molecule has 3 rings (SSSR count). The van der Waals surface area contributed by atoms with E-state index >= 15 is 0 Å². The van der Waals surface area contributed by atoms with E-state index in [1.807, 2.05) is 0 Å². The first-order valence-electron chi connectivity index (χ1n) is 7.70. The van der Waals surface area contributed by atoms with Gasteiger partial charge in [-0.25, -0.2) is 17.6 Å². The van der Waals surface area contributed by atoms with Crippen molar-refractivity contribution in [2.24, 2.45) is 4.99 Å². The molecule has 0 N–H and O–H groups in total. The van der Waals surface area contributed by atoms with Crippen LogP contribution < -0.4 is 0 Å². The normalized spacial score (nSPS) is 17.8. The molecular weight excluding hydrogens is 358 g/mol. The molecule has 8 heteroatoms. The van der Waals surface area contributed by atoms with Crippen LogP contribution in [0, 0.1) is 5.82 Å². The molecule has 0 spiro atoms. The molecule has 0 unspecified atom stereocenters. The molecule has 0 saturated carbocycles. The minimum atomic E-state index is -3.59. The SMILES string of the molecule is CC1(C)N=C(c2cnc(C(F)F)c(CF)c2)c2cccc(F)c2C1(F)F. The van der Waals surface area contributed by atoms with Crippen LogP contribution in [0.4, 0.5) is 26.3 Å². The monoisotopic (exact) mass is 372 g/mol. The topological polar surface area (TPSA) is 25.2 Å². The third-order valence-corrected chi connectivity index (χ3v) is 4.37. The zero-order chi connectivity index (χ0) is 19.3. The Bertz CT molecular complexity index is 889. The zero-order valence-corrected chi connectivity index (χ0v) is 13.8. The first-order valence-corrected chi connectivity index (χ1v) is 7.70. The minimum Gasteiger partial charge on any atom is -0.271 e. The standard InChI is InChI=1S/C18H14F6N2/c1-17(2)18(23,24)13-11(4-3-5-12(13)20)14(26-17)10-6-9(7-19)15(16(21)22)25-8-10/h3-6,8,16H,7H2,1-2H3. The lowest BCUT2D eigenvalue weighted by atomic mass is 9.81. The highest BCUT2D eigenvalue weighted by Crippen LogP contribution is 2.47. The Morgan fingerprint density at radius 2 is 1.85 bits per heavy atom. The first kappa shape index (κ1) is 18.4. The fourth-order valence-electron chi connectivity index (χ4n) is 2.93. The summed E-state index contributed by atoms with van der Waals surface area (Å²) in [5.74, 6) is -4.69. The Labute approximate surface area is 145 Å². The van der Waals surface area contributed by atoms with E-state index in [1.54, 1.807) is 0 Å². The van der Waals surface area contributed by atoms with Crippen LogP contribution in [0.5, 0.6) is 0 Å². The van der Waals surface area contributed by atoms with Crippen molar-refractivity contribution in [1.82, 2.24) is 4.98 Å². The molecule has 0 aliphatic carbocycles. The van der Waals surface area contributed by atoms with E-state index in [-0.39, 0.29) is 22.4 Å².